The van der Waals surface area contributed by atoms with E-state index >= 15 is 0 Å². The number of aryl methyl sites for hydroxylation is 1. The summed E-state index contributed by atoms with van der Waals surface area (Å²) in [4.78, 5) is 2.62. The van der Waals surface area contributed by atoms with Gasteiger partial charge in [0.25, 0.3) is 0 Å². The van der Waals surface area contributed by atoms with Crippen LogP contribution in [-0.2, 0) is 13.5 Å². The zero-order valence-corrected chi connectivity index (χ0v) is 12.0. The van der Waals surface area contributed by atoms with E-state index < -0.39 is 0 Å². The Morgan fingerprint density at radius 3 is 2.89 bits per heavy atom. The Kier molecular flexibility index (Phi) is 4.16. The summed E-state index contributed by atoms with van der Waals surface area (Å²) in [5.41, 5.74) is 8.91. The fraction of sp³-hybridized carbons (Fsp3) is 0.286. The minimum Gasteiger partial charge on any atom is -0.389 e. The van der Waals surface area contributed by atoms with Crippen molar-refractivity contribution in [2.24, 2.45) is 12.8 Å². The van der Waals surface area contributed by atoms with E-state index in [0.717, 1.165) is 24.2 Å². The minimum atomic E-state index is 0.433. The molecule has 1 heterocycles. The van der Waals surface area contributed by atoms with Gasteiger partial charge in [0.15, 0.2) is 0 Å². The van der Waals surface area contributed by atoms with E-state index in [-0.39, 0.29) is 0 Å². The van der Waals surface area contributed by atoms with Crippen LogP contribution < -0.4 is 10.6 Å². The molecule has 1 aromatic heterocycles. The van der Waals surface area contributed by atoms with Gasteiger partial charge in [0.2, 0.25) is 0 Å². The fourth-order valence-electron chi connectivity index (χ4n) is 1.92. The maximum atomic E-state index is 5.65. The van der Waals surface area contributed by atoms with Crippen molar-refractivity contribution in [3.8, 4) is 0 Å². The molecule has 2 aromatic rings. The van der Waals surface area contributed by atoms with E-state index in [1.165, 1.54) is 5.56 Å². The molecule has 0 aliphatic heterocycles. The van der Waals surface area contributed by atoms with E-state index in [1.807, 2.05) is 42.3 Å². The van der Waals surface area contributed by atoms with Gasteiger partial charge in [0.1, 0.15) is 4.99 Å². The highest BCUT2D eigenvalue weighted by Gasteiger charge is 2.04. The molecular formula is C14H18N4S. The Morgan fingerprint density at radius 2 is 2.26 bits per heavy atom. The number of benzene rings is 1. The van der Waals surface area contributed by atoms with Crippen LogP contribution in [0.5, 0.6) is 0 Å². The average molecular weight is 274 g/mol. The fourth-order valence-corrected chi connectivity index (χ4v) is 2.05. The number of anilines is 1. The van der Waals surface area contributed by atoms with Crippen molar-refractivity contribution < 1.29 is 0 Å². The van der Waals surface area contributed by atoms with Gasteiger partial charge in [-0.05, 0) is 24.1 Å². The lowest BCUT2D eigenvalue weighted by molar-refractivity contribution is 0.766. The van der Waals surface area contributed by atoms with Crippen LogP contribution in [0.2, 0.25) is 0 Å². The van der Waals surface area contributed by atoms with Crippen LogP contribution in [0.3, 0.4) is 0 Å². The zero-order valence-electron chi connectivity index (χ0n) is 11.2. The Morgan fingerprint density at radius 1 is 1.47 bits per heavy atom. The molecule has 0 amide bonds. The lowest BCUT2D eigenvalue weighted by Gasteiger charge is -2.19. The molecule has 0 spiro atoms. The first-order valence-electron chi connectivity index (χ1n) is 6.15. The van der Waals surface area contributed by atoms with Crippen molar-refractivity contribution in [1.82, 2.24) is 9.78 Å². The maximum absolute atomic E-state index is 5.65. The maximum Gasteiger partial charge on any atom is 0.104 e. The molecule has 1 aromatic carbocycles. The van der Waals surface area contributed by atoms with Gasteiger partial charge >= 0.3 is 0 Å². The monoisotopic (exact) mass is 274 g/mol. The van der Waals surface area contributed by atoms with Crippen LogP contribution in [0.1, 0.15) is 11.1 Å². The van der Waals surface area contributed by atoms with Crippen LogP contribution in [0.4, 0.5) is 5.69 Å². The van der Waals surface area contributed by atoms with Crippen molar-refractivity contribution in [1.29, 1.82) is 0 Å². The van der Waals surface area contributed by atoms with Crippen molar-refractivity contribution in [2.75, 3.05) is 18.5 Å². The second-order valence-electron chi connectivity index (χ2n) is 4.61. The van der Waals surface area contributed by atoms with Crippen LogP contribution in [0.25, 0.3) is 0 Å². The number of likely N-dealkylation sites (N-methyl/N-ethyl adjacent to an activating group) is 1. The number of aromatic nitrogens is 2. The second kappa shape index (κ2) is 5.84. The van der Waals surface area contributed by atoms with E-state index in [4.69, 9.17) is 18.0 Å². The first-order chi connectivity index (χ1) is 9.06. The first kappa shape index (κ1) is 13.5. The smallest absolute Gasteiger partial charge is 0.104 e. The average Bonchev–Trinajstić information content (AvgIpc) is 2.82. The predicted octanol–water partition coefficient (Wildman–Crippen LogP) is 1.73. The molecule has 4 nitrogen and oxygen atoms in total. The van der Waals surface area contributed by atoms with Gasteiger partial charge in [-0.2, -0.15) is 5.10 Å². The van der Waals surface area contributed by atoms with Gasteiger partial charge in [-0.1, -0.05) is 24.4 Å². The lowest BCUT2D eigenvalue weighted by Crippen LogP contribution is -2.21. The molecule has 2 rings (SSSR count). The Labute approximate surface area is 118 Å². The van der Waals surface area contributed by atoms with Crippen LogP contribution >= 0.6 is 12.2 Å². The summed E-state index contributed by atoms with van der Waals surface area (Å²) in [5, 5.41) is 4.17. The Balaban J connectivity index is 2.01. The molecule has 100 valence electrons. The topological polar surface area (TPSA) is 47.1 Å². The number of hydrogen-bond donors (Lipinski definition) is 1. The molecule has 0 aliphatic rings. The Bertz CT molecular complexity index is 576. The number of hydrogen-bond acceptors (Lipinski definition) is 3. The van der Waals surface area contributed by atoms with E-state index in [1.54, 1.807) is 0 Å². The summed E-state index contributed by atoms with van der Waals surface area (Å²) in [6, 6.07) is 7.99. The Hall–Kier alpha value is -1.88. The van der Waals surface area contributed by atoms with Crippen molar-refractivity contribution >= 4 is 22.9 Å². The van der Waals surface area contributed by atoms with E-state index in [2.05, 4.69) is 23.1 Å². The molecule has 0 aliphatic carbocycles. The standard InChI is InChI=1S/C14H18N4S/c1-17(7-6-11-9-16-18(2)10-11)13-5-3-4-12(8-13)14(15)19/h3-5,8-10H,6-7H2,1-2H3,(H2,15,19). The minimum absolute atomic E-state index is 0.433. The third-order valence-corrected chi connectivity index (χ3v) is 3.30. The molecule has 2 N–H and O–H groups in total. The largest absolute Gasteiger partial charge is 0.389 e. The van der Waals surface area contributed by atoms with Crippen molar-refractivity contribution in [3.63, 3.8) is 0 Å². The van der Waals surface area contributed by atoms with Gasteiger partial charge in [-0.3, -0.25) is 4.68 Å². The summed E-state index contributed by atoms with van der Waals surface area (Å²) in [7, 11) is 3.99. The summed E-state index contributed by atoms with van der Waals surface area (Å²) < 4.78 is 1.82. The number of thiocarbonyl (C=S) groups is 1. The third kappa shape index (κ3) is 3.54. The molecule has 0 bridgehead atoms. The van der Waals surface area contributed by atoms with Gasteiger partial charge in [-0.25, -0.2) is 0 Å². The molecule has 0 radical (unpaired) electrons. The zero-order chi connectivity index (χ0) is 13.8. The summed E-state index contributed by atoms with van der Waals surface area (Å²) in [6.07, 6.45) is 4.90. The molecule has 0 atom stereocenters. The predicted molar refractivity (Wildman–Crippen MR) is 82.5 cm³/mol. The number of nitrogens with two attached hydrogens (primary N) is 1. The van der Waals surface area contributed by atoms with E-state index in [9.17, 15) is 0 Å². The highest BCUT2D eigenvalue weighted by Crippen LogP contribution is 2.15. The second-order valence-corrected chi connectivity index (χ2v) is 5.05. The van der Waals surface area contributed by atoms with E-state index in [0.29, 0.717) is 4.99 Å². The van der Waals surface area contributed by atoms with Gasteiger partial charge < -0.3 is 10.6 Å². The SMILES string of the molecule is CN(CCc1cnn(C)c1)c1cccc(C(N)=S)c1. The molecule has 5 heteroatoms. The van der Waals surface area contributed by atoms with Crippen molar-refractivity contribution in [3.05, 3.63) is 47.8 Å². The van der Waals surface area contributed by atoms with Gasteiger partial charge in [0, 0.05) is 38.1 Å². The van der Waals surface area contributed by atoms with Crippen LogP contribution in [0, 0.1) is 0 Å². The van der Waals surface area contributed by atoms with Crippen LogP contribution in [0.15, 0.2) is 36.7 Å². The van der Waals surface area contributed by atoms with Gasteiger partial charge in [-0.15, -0.1) is 0 Å². The summed E-state index contributed by atoms with van der Waals surface area (Å²) in [5.74, 6) is 0. The molecule has 0 fully saturated rings. The highest BCUT2D eigenvalue weighted by atomic mass is 32.1. The van der Waals surface area contributed by atoms with Gasteiger partial charge in [0.05, 0.1) is 6.20 Å². The quantitative estimate of drug-likeness (QED) is 0.844. The molecule has 19 heavy (non-hydrogen) atoms. The molecule has 0 unspecified atom stereocenters. The molecular weight excluding hydrogens is 256 g/mol. The highest BCUT2D eigenvalue weighted by molar-refractivity contribution is 7.80. The van der Waals surface area contributed by atoms with Crippen molar-refractivity contribution in [2.45, 2.75) is 6.42 Å². The molecule has 0 saturated carbocycles. The number of nitrogens with zero attached hydrogens (tertiary/aromatic N) is 3. The van der Waals surface area contributed by atoms with Crippen LogP contribution in [-0.4, -0.2) is 28.4 Å². The normalized spacial score (nSPS) is 10.4. The lowest BCUT2D eigenvalue weighted by atomic mass is 10.2. The summed E-state index contributed by atoms with van der Waals surface area (Å²) >= 11 is 5.00. The molecule has 0 saturated heterocycles. The summed E-state index contributed by atoms with van der Waals surface area (Å²) in [6.45, 7) is 0.923. The first-order valence-corrected chi connectivity index (χ1v) is 6.55. The third-order valence-electron chi connectivity index (χ3n) is 3.07. The number of rotatable bonds is 5.